The van der Waals surface area contributed by atoms with Crippen molar-refractivity contribution in [3.8, 4) is 17.1 Å². The standard InChI is InChI=1S/C17H15FN4O2S/c1-22-16(11-3-2-4-19-7-11)20-21-17(22)25-9-13-6-14(18)5-12-8-23-10-24-15(12)13/h2-7H,8-10H2,1H3. The van der Waals surface area contributed by atoms with Gasteiger partial charge in [-0.25, -0.2) is 4.39 Å². The van der Waals surface area contributed by atoms with E-state index in [1.165, 1.54) is 23.9 Å². The zero-order valence-corrected chi connectivity index (χ0v) is 14.3. The van der Waals surface area contributed by atoms with E-state index in [9.17, 15) is 4.39 Å². The van der Waals surface area contributed by atoms with E-state index in [0.717, 1.165) is 27.7 Å². The summed E-state index contributed by atoms with van der Waals surface area (Å²) >= 11 is 1.48. The summed E-state index contributed by atoms with van der Waals surface area (Å²) in [6, 6.07) is 6.73. The Kier molecular flexibility index (Phi) is 4.37. The minimum Gasteiger partial charge on any atom is -0.467 e. The average Bonchev–Trinajstić information content (AvgIpc) is 3.01. The van der Waals surface area contributed by atoms with Crippen molar-refractivity contribution in [3.05, 3.63) is 53.6 Å². The largest absolute Gasteiger partial charge is 0.467 e. The summed E-state index contributed by atoms with van der Waals surface area (Å²) in [6.07, 6.45) is 3.46. The fraction of sp³-hybridized carbons (Fsp3) is 0.235. The summed E-state index contributed by atoms with van der Waals surface area (Å²) < 4.78 is 26.5. The topological polar surface area (TPSA) is 62.1 Å². The van der Waals surface area contributed by atoms with Crippen LogP contribution in [-0.4, -0.2) is 26.5 Å². The number of hydrogen-bond donors (Lipinski definition) is 0. The Morgan fingerprint density at radius 1 is 1.32 bits per heavy atom. The lowest BCUT2D eigenvalue weighted by atomic mass is 10.1. The Morgan fingerprint density at radius 2 is 2.24 bits per heavy atom. The summed E-state index contributed by atoms with van der Waals surface area (Å²) in [6.45, 7) is 0.547. The Morgan fingerprint density at radius 3 is 3.08 bits per heavy atom. The molecule has 0 N–H and O–H groups in total. The molecule has 128 valence electrons. The summed E-state index contributed by atoms with van der Waals surface area (Å²) in [5, 5.41) is 9.20. The molecule has 0 unspecified atom stereocenters. The van der Waals surface area contributed by atoms with Crippen LogP contribution in [0.5, 0.6) is 5.75 Å². The smallest absolute Gasteiger partial charge is 0.191 e. The van der Waals surface area contributed by atoms with Gasteiger partial charge >= 0.3 is 0 Å². The van der Waals surface area contributed by atoms with E-state index in [4.69, 9.17) is 9.47 Å². The van der Waals surface area contributed by atoms with E-state index in [1.54, 1.807) is 12.4 Å². The summed E-state index contributed by atoms with van der Waals surface area (Å²) in [5.74, 6) is 1.67. The van der Waals surface area contributed by atoms with Crippen molar-refractivity contribution in [3.63, 3.8) is 0 Å². The molecule has 0 radical (unpaired) electrons. The minimum absolute atomic E-state index is 0.186. The van der Waals surface area contributed by atoms with Crippen molar-refractivity contribution >= 4 is 11.8 Å². The number of rotatable bonds is 4. The van der Waals surface area contributed by atoms with Gasteiger partial charge in [-0.15, -0.1) is 10.2 Å². The Balaban J connectivity index is 1.57. The molecule has 0 saturated heterocycles. The highest BCUT2D eigenvalue weighted by Gasteiger charge is 2.18. The zero-order chi connectivity index (χ0) is 17.2. The number of thioether (sulfide) groups is 1. The van der Waals surface area contributed by atoms with Crippen LogP contribution < -0.4 is 4.74 Å². The van der Waals surface area contributed by atoms with Gasteiger partial charge < -0.3 is 14.0 Å². The summed E-state index contributed by atoms with van der Waals surface area (Å²) in [7, 11) is 1.90. The first-order chi connectivity index (χ1) is 12.2. The molecule has 3 heterocycles. The van der Waals surface area contributed by atoms with Crippen LogP contribution in [0.25, 0.3) is 11.4 Å². The minimum atomic E-state index is -0.294. The number of halogens is 1. The fourth-order valence-electron chi connectivity index (χ4n) is 2.69. The second-order valence-electron chi connectivity index (χ2n) is 5.56. The lowest BCUT2D eigenvalue weighted by Gasteiger charge is -2.20. The van der Waals surface area contributed by atoms with Crippen LogP contribution in [0.15, 0.2) is 41.8 Å². The van der Waals surface area contributed by atoms with Crippen molar-refractivity contribution in [2.24, 2.45) is 7.05 Å². The first kappa shape index (κ1) is 16.0. The van der Waals surface area contributed by atoms with Crippen molar-refractivity contribution in [2.75, 3.05) is 6.79 Å². The van der Waals surface area contributed by atoms with Crippen molar-refractivity contribution in [1.29, 1.82) is 0 Å². The third-order valence-corrected chi connectivity index (χ3v) is 4.93. The maximum atomic E-state index is 13.8. The van der Waals surface area contributed by atoms with Gasteiger partial charge in [-0.05, 0) is 24.3 Å². The molecule has 0 bridgehead atoms. The normalized spacial score (nSPS) is 13.4. The lowest BCUT2D eigenvalue weighted by Crippen LogP contribution is -2.13. The molecule has 1 aromatic carbocycles. The molecular formula is C17H15FN4O2S. The molecule has 0 saturated carbocycles. The van der Waals surface area contributed by atoms with Crippen molar-refractivity contribution in [1.82, 2.24) is 19.7 Å². The van der Waals surface area contributed by atoms with Crippen LogP contribution in [0.4, 0.5) is 4.39 Å². The highest BCUT2D eigenvalue weighted by Crippen LogP contribution is 2.34. The van der Waals surface area contributed by atoms with Gasteiger partial charge in [0.25, 0.3) is 0 Å². The van der Waals surface area contributed by atoms with Gasteiger partial charge in [-0.1, -0.05) is 11.8 Å². The highest BCUT2D eigenvalue weighted by molar-refractivity contribution is 7.98. The van der Waals surface area contributed by atoms with Crippen molar-refractivity contribution in [2.45, 2.75) is 17.5 Å². The lowest BCUT2D eigenvalue weighted by molar-refractivity contribution is -0.0171. The summed E-state index contributed by atoms with van der Waals surface area (Å²) in [4.78, 5) is 4.10. The number of ether oxygens (including phenoxy) is 2. The molecule has 8 heteroatoms. The highest BCUT2D eigenvalue weighted by atomic mass is 32.2. The van der Waals surface area contributed by atoms with Crippen LogP contribution in [0.3, 0.4) is 0 Å². The van der Waals surface area contributed by atoms with E-state index >= 15 is 0 Å². The molecule has 3 aromatic rings. The molecule has 0 aliphatic carbocycles. The predicted molar refractivity (Wildman–Crippen MR) is 90.5 cm³/mol. The van der Waals surface area contributed by atoms with E-state index in [1.807, 2.05) is 23.7 Å². The zero-order valence-electron chi connectivity index (χ0n) is 13.5. The third kappa shape index (κ3) is 3.22. The monoisotopic (exact) mass is 358 g/mol. The van der Waals surface area contributed by atoms with Crippen LogP contribution in [0.2, 0.25) is 0 Å². The van der Waals surface area contributed by atoms with E-state index in [-0.39, 0.29) is 12.6 Å². The molecular weight excluding hydrogens is 343 g/mol. The van der Waals surface area contributed by atoms with E-state index in [0.29, 0.717) is 18.1 Å². The third-order valence-electron chi connectivity index (χ3n) is 3.86. The number of hydrogen-bond acceptors (Lipinski definition) is 6. The molecule has 25 heavy (non-hydrogen) atoms. The number of nitrogens with zero attached hydrogens (tertiary/aromatic N) is 4. The number of aromatic nitrogens is 4. The molecule has 0 amide bonds. The SMILES string of the molecule is Cn1c(SCc2cc(F)cc3c2OCOC3)nnc1-c1cccnc1. The first-order valence-corrected chi connectivity index (χ1v) is 8.65. The van der Waals surface area contributed by atoms with Crippen LogP contribution >= 0.6 is 11.8 Å². The average molecular weight is 358 g/mol. The second kappa shape index (κ2) is 6.81. The van der Waals surface area contributed by atoms with Crippen LogP contribution in [0, 0.1) is 5.82 Å². The molecule has 1 aliphatic heterocycles. The van der Waals surface area contributed by atoms with Gasteiger partial charge in [0, 0.05) is 41.9 Å². The molecule has 0 fully saturated rings. The number of benzene rings is 1. The van der Waals surface area contributed by atoms with Gasteiger partial charge in [-0.2, -0.15) is 0 Å². The van der Waals surface area contributed by atoms with Gasteiger partial charge in [0.1, 0.15) is 11.6 Å². The molecule has 1 aliphatic rings. The second-order valence-corrected chi connectivity index (χ2v) is 6.50. The van der Waals surface area contributed by atoms with Gasteiger partial charge in [-0.3, -0.25) is 4.98 Å². The Labute approximate surface area is 148 Å². The number of fused-ring (bicyclic) bond motifs is 1. The molecule has 0 spiro atoms. The quantitative estimate of drug-likeness (QED) is 0.668. The van der Waals surface area contributed by atoms with Gasteiger partial charge in [0.2, 0.25) is 0 Å². The maximum Gasteiger partial charge on any atom is 0.191 e. The molecule has 0 atom stereocenters. The Hall–Kier alpha value is -2.45. The van der Waals surface area contributed by atoms with E-state index in [2.05, 4.69) is 15.2 Å². The number of pyridine rings is 1. The van der Waals surface area contributed by atoms with Gasteiger partial charge in [0.05, 0.1) is 6.61 Å². The molecule has 4 rings (SSSR count). The fourth-order valence-corrected chi connectivity index (χ4v) is 3.57. The maximum absolute atomic E-state index is 13.8. The molecule has 6 nitrogen and oxygen atoms in total. The van der Waals surface area contributed by atoms with Gasteiger partial charge in [0.15, 0.2) is 17.8 Å². The first-order valence-electron chi connectivity index (χ1n) is 7.67. The summed E-state index contributed by atoms with van der Waals surface area (Å²) in [5.41, 5.74) is 2.41. The predicted octanol–water partition coefficient (Wildman–Crippen LogP) is 3.18. The van der Waals surface area contributed by atoms with Crippen molar-refractivity contribution < 1.29 is 13.9 Å². The van der Waals surface area contributed by atoms with E-state index < -0.39 is 0 Å². The van der Waals surface area contributed by atoms with Crippen LogP contribution in [-0.2, 0) is 24.1 Å². The molecule has 2 aromatic heterocycles. The Bertz CT molecular complexity index is 901. The van der Waals surface area contributed by atoms with Crippen LogP contribution in [0.1, 0.15) is 11.1 Å².